The maximum Gasteiger partial charge on any atom is 0.112 e. The van der Waals surface area contributed by atoms with E-state index in [0.29, 0.717) is 11.8 Å². The smallest absolute Gasteiger partial charge is 0.112 e. The number of rotatable bonds is 3. The summed E-state index contributed by atoms with van der Waals surface area (Å²) in [4.78, 5) is 0. The van der Waals surface area contributed by atoms with Gasteiger partial charge in [-0.1, -0.05) is 27.7 Å². The van der Waals surface area contributed by atoms with Crippen molar-refractivity contribution in [2.24, 2.45) is 17.3 Å². The van der Waals surface area contributed by atoms with Crippen LogP contribution in [-0.4, -0.2) is 32.7 Å². The van der Waals surface area contributed by atoms with Gasteiger partial charge in [-0.05, 0) is 31.1 Å². The van der Waals surface area contributed by atoms with Crippen molar-refractivity contribution in [1.29, 1.82) is 0 Å². The van der Waals surface area contributed by atoms with Gasteiger partial charge in [0.15, 0.2) is 0 Å². The van der Waals surface area contributed by atoms with Crippen LogP contribution in [0, 0.1) is 17.3 Å². The Kier molecular flexibility index (Phi) is 3.89. The molecule has 2 nitrogen and oxygen atoms in total. The van der Waals surface area contributed by atoms with Crippen LogP contribution < -0.4 is 0 Å². The lowest BCUT2D eigenvalue weighted by atomic mass is 9.62. The van der Waals surface area contributed by atoms with Gasteiger partial charge in [0, 0.05) is 18.0 Å². The topological polar surface area (TPSA) is 18.5 Å². The zero-order valence-electron chi connectivity index (χ0n) is 11.6. The van der Waals surface area contributed by atoms with Crippen molar-refractivity contribution in [3.05, 3.63) is 0 Å². The third-order valence-electron chi connectivity index (χ3n) is 4.56. The molecular formula is C14H25BO2. The fourth-order valence-corrected chi connectivity index (χ4v) is 3.71. The van der Waals surface area contributed by atoms with Crippen LogP contribution in [0.3, 0.4) is 0 Å². The molecule has 0 bridgehead atoms. The van der Waals surface area contributed by atoms with E-state index >= 15 is 0 Å². The van der Waals surface area contributed by atoms with Gasteiger partial charge in [0.25, 0.3) is 0 Å². The lowest BCUT2D eigenvalue weighted by Gasteiger charge is -2.45. The number of ether oxygens (including phenoxy) is 2. The molecule has 0 spiro atoms. The molecule has 1 unspecified atom stereocenters. The minimum atomic E-state index is -0.235. The Labute approximate surface area is 107 Å². The van der Waals surface area contributed by atoms with Gasteiger partial charge in [-0.2, -0.15) is 0 Å². The lowest BCUT2D eigenvalue weighted by molar-refractivity contribution is -0.0961. The first kappa shape index (κ1) is 13.4. The molecular weight excluding hydrogens is 211 g/mol. The fourth-order valence-electron chi connectivity index (χ4n) is 3.71. The summed E-state index contributed by atoms with van der Waals surface area (Å²) < 4.78 is 12.0. The molecule has 96 valence electrons. The van der Waals surface area contributed by atoms with Crippen molar-refractivity contribution >= 4 is 7.85 Å². The Balaban J connectivity index is 2.26. The van der Waals surface area contributed by atoms with Gasteiger partial charge < -0.3 is 9.47 Å². The molecule has 2 radical (unpaired) electrons. The maximum atomic E-state index is 6.13. The van der Waals surface area contributed by atoms with Crippen molar-refractivity contribution in [3.8, 4) is 0 Å². The second kappa shape index (κ2) is 4.93. The molecule has 2 aliphatic heterocycles. The van der Waals surface area contributed by atoms with Crippen molar-refractivity contribution in [3.63, 3.8) is 0 Å². The van der Waals surface area contributed by atoms with Gasteiger partial charge >= 0.3 is 0 Å². The molecule has 17 heavy (non-hydrogen) atoms. The van der Waals surface area contributed by atoms with Crippen molar-refractivity contribution in [2.45, 2.75) is 65.2 Å². The van der Waals surface area contributed by atoms with E-state index in [1.54, 1.807) is 0 Å². The summed E-state index contributed by atoms with van der Waals surface area (Å²) in [6, 6.07) is -0.235. The van der Waals surface area contributed by atoms with Crippen LogP contribution >= 0.6 is 0 Å². The molecule has 2 saturated heterocycles. The molecule has 2 heterocycles. The lowest BCUT2D eigenvalue weighted by Crippen LogP contribution is -2.50. The third kappa shape index (κ3) is 2.17. The maximum absolute atomic E-state index is 6.13. The second-order valence-electron chi connectivity index (χ2n) is 6.38. The zero-order chi connectivity index (χ0) is 12.6. The number of fused-ring (bicyclic) bond motifs is 1. The van der Waals surface area contributed by atoms with Crippen LogP contribution in [0.15, 0.2) is 0 Å². The largest absolute Gasteiger partial charge is 0.381 e. The van der Waals surface area contributed by atoms with Crippen molar-refractivity contribution in [1.82, 2.24) is 0 Å². The Bertz CT molecular complexity index is 267. The summed E-state index contributed by atoms with van der Waals surface area (Å²) in [6.07, 6.45) is 3.79. The fraction of sp³-hybridized carbons (Fsp3) is 1.00. The molecule has 0 saturated carbocycles. The van der Waals surface area contributed by atoms with Crippen molar-refractivity contribution in [2.75, 3.05) is 6.61 Å². The van der Waals surface area contributed by atoms with E-state index in [4.69, 9.17) is 17.3 Å². The van der Waals surface area contributed by atoms with Crippen LogP contribution in [0.2, 0.25) is 0 Å². The highest BCUT2D eigenvalue weighted by Crippen LogP contribution is 2.52. The first-order chi connectivity index (χ1) is 7.98. The van der Waals surface area contributed by atoms with Gasteiger partial charge in [0.1, 0.15) is 7.85 Å². The zero-order valence-corrected chi connectivity index (χ0v) is 11.6. The van der Waals surface area contributed by atoms with E-state index in [0.717, 1.165) is 19.4 Å². The highest BCUT2D eigenvalue weighted by molar-refractivity contribution is 6.11. The minimum absolute atomic E-state index is 0.0972. The average molecular weight is 236 g/mol. The van der Waals surface area contributed by atoms with E-state index in [1.807, 2.05) is 0 Å². The quantitative estimate of drug-likeness (QED) is 0.701. The first-order valence-electron chi connectivity index (χ1n) is 7.01. The molecule has 2 fully saturated rings. The molecule has 2 rings (SSSR count). The van der Waals surface area contributed by atoms with E-state index in [2.05, 4.69) is 27.7 Å². The van der Waals surface area contributed by atoms with E-state index in [-0.39, 0.29) is 23.6 Å². The monoisotopic (exact) mass is 236 g/mol. The molecule has 0 aromatic rings. The van der Waals surface area contributed by atoms with Crippen molar-refractivity contribution < 1.29 is 9.47 Å². The molecule has 0 amide bonds. The van der Waals surface area contributed by atoms with E-state index in [9.17, 15) is 0 Å². The SMILES string of the molecule is [B][C@H]1O[C@H](CC(C)C)[C@@]2(C(C)C)CCCOC12. The van der Waals surface area contributed by atoms with Crippen LogP contribution in [0.4, 0.5) is 0 Å². The summed E-state index contributed by atoms with van der Waals surface area (Å²) >= 11 is 0. The summed E-state index contributed by atoms with van der Waals surface area (Å²) in [6.45, 7) is 9.91. The Morgan fingerprint density at radius 3 is 2.59 bits per heavy atom. The molecule has 4 atom stereocenters. The number of hydrogen-bond donors (Lipinski definition) is 0. The van der Waals surface area contributed by atoms with Gasteiger partial charge in [-0.25, -0.2) is 0 Å². The predicted octanol–water partition coefficient (Wildman–Crippen LogP) is 2.75. The minimum Gasteiger partial charge on any atom is -0.381 e. The summed E-state index contributed by atoms with van der Waals surface area (Å²) in [5.41, 5.74) is 0.141. The van der Waals surface area contributed by atoms with E-state index < -0.39 is 0 Å². The molecule has 0 aromatic heterocycles. The summed E-state index contributed by atoms with van der Waals surface area (Å²) in [5.74, 6) is 1.20. The Hall–Kier alpha value is -0.0151. The van der Waals surface area contributed by atoms with Gasteiger partial charge in [0.05, 0.1) is 12.2 Å². The van der Waals surface area contributed by atoms with Gasteiger partial charge in [-0.3, -0.25) is 0 Å². The normalized spacial score (nSPS) is 42.1. The highest BCUT2D eigenvalue weighted by Gasteiger charge is 2.57. The summed E-state index contributed by atoms with van der Waals surface area (Å²) in [7, 11) is 6.13. The van der Waals surface area contributed by atoms with Gasteiger partial charge in [-0.15, -0.1) is 0 Å². The van der Waals surface area contributed by atoms with Gasteiger partial charge in [0.2, 0.25) is 0 Å². The van der Waals surface area contributed by atoms with Crippen LogP contribution in [-0.2, 0) is 9.47 Å². The predicted molar refractivity (Wildman–Crippen MR) is 70.1 cm³/mol. The third-order valence-corrected chi connectivity index (χ3v) is 4.56. The second-order valence-corrected chi connectivity index (χ2v) is 6.38. The van der Waals surface area contributed by atoms with E-state index in [1.165, 1.54) is 6.42 Å². The van der Waals surface area contributed by atoms with Crippen LogP contribution in [0.25, 0.3) is 0 Å². The highest BCUT2D eigenvalue weighted by atomic mass is 16.6. The number of hydrogen-bond acceptors (Lipinski definition) is 2. The Morgan fingerprint density at radius 1 is 1.29 bits per heavy atom. The summed E-state index contributed by atoms with van der Waals surface area (Å²) in [5, 5.41) is 0. The standard InChI is InChI=1S/C14H25BO2/c1-9(2)8-11-14(10(3)4)6-5-7-16-12(14)13(15)17-11/h9-13H,5-8H2,1-4H3/t11-,12?,13+,14+/m1/s1. The molecule has 3 heteroatoms. The first-order valence-corrected chi connectivity index (χ1v) is 7.01. The van der Waals surface area contributed by atoms with Crippen LogP contribution in [0.5, 0.6) is 0 Å². The molecule has 2 aliphatic rings. The molecule has 0 N–H and O–H groups in total. The molecule has 0 aromatic carbocycles. The Morgan fingerprint density at radius 2 is 2.00 bits per heavy atom. The van der Waals surface area contributed by atoms with Crippen LogP contribution in [0.1, 0.15) is 47.0 Å². The molecule has 0 aliphatic carbocycles. The average Bonchev–Trinajstić information content (AvgIpc) is 2.53.